The van der Waals surface area contributed by atoms with Crippen LogP contribution in [0, 0.1) is 0 Å². The number of anilines is 1. The zero-order valence-corrected chi connectivity index (χ0v) is 14.0. The molecule has 3 rings (SSSR count). The van der Waals surface area contributed by atoms with Gasteiger partial charge in [-0.05, 0) is 25.0 Å². The highest BCUT2D eigenvalue weighted by molar-refractivity contribution is 5.94. The van der Waals surface area contributed by atoms with Gasteiger partial charge in [0.25, 0.3) is 5.91 Å². The molecule has 2 aromatic rings. The van der Waals surface area contributed by atoms with E-state index in [0.717, 1.165) is 36.5 Å². The van der Waals surface area contributed by atoms with Gasteiger partial charge in [0.05, 0.1) is 24.2 Å². The minimum atomic E-state index is -0.0785. The van der Waals surface area contributed by atoms with Crippen LogP contribution < -0.4 is 10.2 Å². The molecule has 24 heavy (non-hydrogen) atoms. The van der Waals surface area contributed by atoms with Crippen molar-refractivity contribution in [3.8, 4) is 11.3 Å². The van der Waals surface area contributed by atoms with Crippen LogP contribution in [0.4, 0.5) is 5.82 Å². The van der Waals surface area contributed by atoms with E-state index in [2.05, 4.69) is 15.3 Å². The zero-order chi connectivity index (χ0) is 16.9. The van der Waals surface area contributed by atoms with Crippen LogP contribution in [0.15, 0.2) is 36.7 Å². The molecule has 6 nitrogen and oxygen atoms in total. The van der Waals surface area contributed by atoms with Crippen molar-refractivity contribution in [3.63, 3.8) is 0 Å². The second-order valence-electron chi connectivity index (χ2n) is 6.08. The molecule has 1 saturated heterocycles. The third-order valence-corrected chi connectivity index (χ3v) is 4.04. The molecule has 1 aromatic carbocycles. The molecule has 1 aliphatic rings. The maximum Gasteiger partial charge on any atom is 0.251 e. The summed E-state index contributed by atoms with van der Waals surface area (Å²) < 4.78 is 5.51. The number of hydrogen-bond acceptors (Lipinski definition) is 5. The molecule has 1 atom stereocenters. The molecule has 0 bridgehead atoms. The van der Waals surface area contributed by atoms with Crippen LogP contribution in [-0.2, 0) is 4.74 Å². The molecule has 0 spiro atoms. The van der Waals surface area contributed by atoms with Crippen LogP contribution in [0.3, 0.4) is 0 Å². The van der Waals surface area contributed by atoms with Gasteiger partial charge in [0.15, 0.2) is 0 Å². The van der Waals surface area contributed by atoms with Crippen molar-refractivity contribution in [2.24, 2.45) is 0 Å². The van der Waals surface area contributed by atoms with Crippen molar-refractivity contribution in [2.75, 3.05) is 32.1 Å². The quantitative estimate of drug-likeness (QED) is 0.911. The highest BCUT2D eigenvalue weighted by Gasteiger charge is 2.16. The third-order valence-electron chi connectivity index (χ3n) is 4.04. The second kappa shape index (κ2) is 7.40. The lowest BCUT2D eigenvalue weighted by atomic mass is 10.1. The van der Waals surface area contributed by atoms with E-state index in [1.807, 2.05) is 43.3 Å². The van der Waals surface area contributed by atoms with E-state index in [4.69, 9.17) is 4.74 Å². The van der Waals surface area contributed by atoms with Gasteiger partial charge in [0.1, 0.15) is 5.82 Å². The number of ether oxygens (including phenoxy) is 1. The van der Waals surface area contributed by atoms with E-state index in [-0.39, 0.29) is 12.0 Å². The smallest absolute Gasteiger partial charge is 0.251 e. The number of aromatic nitrogens is 2. The Morgan fingerprint density at radius 1 is 1.29 bits per heavy atom. The van der Waals surface area contributed by atoms with Gasteiger partial charge in [-0.15, -0.1) is 0 Å². The number of nitrogens with zero attached hydrogens (tertiary/aromatic N) is 3. The fraction of sp³-hybridized carbons (Fsp3) is 0.389. The van der Waals surface area contributed by atoms with E-state index in [9.17, 15) is 4.79 Å². The first-order valence-electron chi connectivity index (χ1n) is 8.13. The van der Waals surface area contributed by atoms with Crippen molar-refractivity contribution >= 4 is 11.7 Å². The molecule has 1 aromatic heterocycles. The average Bonchev–Trinajstić information content (AvgIpc) is 3.13. The molecule has 1 aliphatic heterocycles. The van der Waals surface area contributed by atoms with Gasteiger partial charge in [0.2, 0.25) is 0 Å². The Hall–Kier alpha value is -2.47. The van der Waals surface area contributed by atoms with Gasteiger partial charge in [-0.1, -0.05) is 12.1 Å². The Bertz CT molecular complexity index is 694. The number of carbonyl (C=O) groups is 1. The van der Waals surface area contributed by atoms with Crippen molar-refractivity contribution in [2.45, 2.75) is 18.9 Å². The van der Waals surface area contributed by atoms with Crippen molar-refractivity contribution in [3.05, 3.63) is 42.2 Å². The molecular formula is C18H22N4O2. The zero-order valence-electron chi connectivity index (χ0n) is 14.0. The fourth-order valence-electron chi connectivity index (χ4n) is 2.62. The monoisotopic (exact) mass is 326 g/mol. The maximum atomic E-state index is 12.2. The van der Waals surface area contributed by atoms with Crippen LogP contribution >= 0.6 is 0 Å². The third kappa shape index (κ3) is 3.89. The molecule has 126 valence electrons. The van der Waals surface area contributed by atoms with Crippen molar-refractivity contribution in [1.82, 2.24) is 15.3 Å². The summed E-state index contributed by atoms with van der Waals surface area (Å²) in [7, 11) is 3.85. The Morgan fingerprint density at radius 3 is 2.75 bits per heavy atom. The van der Waals surface area contributed by atoms with E-state index < -0.39 is 0 Å². The average molecular weight is 326 g/mol. The van der Waals surface area contributed by atoms with Gasteiger partial charge in [0, 0.05) is 38.4 Å². The van der Waals surface area contributed by atoms with E-state index >= 15 is 0 Å². The normalized spacial score (nSPS) is 16.8. The van der Waals surface area contributed by atoms with E-state index in [0.29, 0.717) is 12.1 Å². The summed E-state index contributed by atoms with van der Waals surface area (Å²) >= 11 is 0. The second-order valence-corrected chi connectivity index (χ2v) is 6.08. The molecule has 1 amide bonds. The summed E-state index contributed by atoms with van der Waals surface area (Å²) in [5.74, 6) is 0.719. The molecule has 0 aliphatic carbocycles. The topological polar surface area (TPSA) is 67.4 Å². The first kappa shape index (κ1) is 16.4. The summed E-state index contributed by atoms with van der Waals surface area (Å²) in [6.45, 7) is 1.36. The Labute approximate surface area is 141 Å². The molecule has 0 radical (unpaired) electrons. The van der Waals surface area contributed by atoms with Gasteiger partial charge in [-0.2, -0.15) is 0 Å². The molecule has 2 heterocycles. The minimum Gasteiger partial charge on any atom is -0.376 e. The Balaban J connectivity index is 1.66. The van der Waals surface area contributed by atoms with Crippen LogP contribution in [0.5, 0.6) is 0 Å². The minimum absolute atomic E-state index is 0.0785. The lowest BCUT2D eigenvalue weighted by Gasteiger charge is -2.12. The molecule has 0 saturated carbocycles. The number of amides is 1. The van der Waals surface area contributed by atoms with Crippen LogP contribution in [0.25, 0.3) is 11.3 Å². The maximum absolute atomic E-state index is 12.2. The Morgan fingerprint density at radius 2 is 2.08 bits per heavy atom. The van der Waals surface area contributed by atoms with Crippen LogP contribution in [0.1, 0.15) is 23.2 Å². The summed E-state index contributed by atoms with van der Waals surface area (Å²) in [6.07, 6.45) is 5.68. The molecular weight excluding hydrogens is 304 g/mol. The molecule has 0 unspecified atom stereocenters. The van der Waals surface area contributed by atoms with E-state index in [1.54, 1.807) is 12.4 Å². The molecule has 1 fully saturated rings. The number of rotatable bonds is 5. The van der Waals surface area contributed by atoms with Crippen LogP contribution in [0.2, 0.25) is 0 Å². The Kier molecular flexibility index (Phi) is 5.05. The van der Waals surface area contributed by atoms with Gasteiger partial charge in [-0.3, -0.25) is 9.78 Å². The number of carbonyl (C=O) groups excluding carboxylic acids is 1. The lowest BCUT2D eigenvalue weighted by Crippen LogP contribution is -2.31. The lowest BCUT2D eigenvalue weighted by molar-refractivity contribution is 0.0858. The van der Waals surface area contributed by atoms with Crippen LogP contribution in [-0.4, -0.2) is 49.2 Å². The SMILES string of the molecule is CN(C)c1cncc(-c2ccc(C(=O)NC[C@H]3CCCO3)cc2)n1. The van der Waals surface area contributed by atoms with Gasteiger partial charge < -0.3 is 15.0 Å². The van der Waals surface area contributed by atoms with Crippen molar-refractivity contribution in [1.29, 1.82) is 0 Å². The predicted octanol–water partition coefficient (Wildman–Crippen LogP) is 2.12. The summed E-state index contributed by atoms with van der Waals surface area (Å²) in [5.41, 5.74) is 2.35. The summed E-state index contributed by atoms with van der Waals surface area (Å²) in [4.78, 5) is 22.9. The number of hydrogen-bond donors (Lipinski definition) is 1. The first-order chi connectivity index (χ1) is 11.6. The molecule has 1 N–H and O–H groups in total. The van der Waals surface area contributed by atoms with Gasteiger partial charge in [-0.25, -0.2) is 4.98 Å². The van der Waals surface area contributed by atoms with Crippen molar-refractivity contribution < 1.29 is 9.53 Å². The predicted molar refractivity (Wildman–Crippen MR) is 93.1 cm³/mol. The molecule has 6 heteroatoms. The van der Waals surface area contributed by atoms with Gasteiger partial charge >= 0.3 is 0 Å². The number of nitrogens with one attached hydrogen (secondary N) is 1. The highest BCUT2D eigenvalue weighted by atomic mass is 16.5. The number of benzene rings is 1. The first-order valence-corrected chi connectivity index (χ1v) is 8.13. The summed E-state index contributed by atoms with van der Waals surface area (Å²) in [6, 6.07) is 7.41. The van der Waals surface area contributed by atoms with E-state index in [1.165, 1.54) is 0 Å². The highest BCUT2D eigenvalue weighted by Crippen LogP contribution is 2.19. The summed E-state index contributed by atoms with van der Waals surface area (Å²) in [5, 5.41) is 2.93. The standard InChI is InChI=1S/C18H22N4O2/c1-22(2)17-12-19-11-16(21-17)13-5-7-14(8-6-13)18(23)20-10-15-4-3-9-24-15/h5-8,11-12,15H,3-4,9-10H2,1-2H3,(H,20,23)/t15-/m1/s1. The fourth-order valence-corrected chi connectivity index (χ4v) is 2.62. The largest absolute Gasteiger partial charge is 0.376 e.